The highest BCUT2D eigenvalue weighted by atomic mass is 35.5. The third-order valence-corrected chi connectivity index (χ3v) is 5.41. The van der Waals surface area contributed by atoms with Crippen LogP contribution in [-0.2, 0) is 18.9 Å². The van der Waals surface area contributed by atoms with Gasteiger partial charge in [0.2, 0.25) is 0 Å². The normalized spacial score (nSPS) is 11.0. The third kappa shape index (κ3) is 4.72. The molecule has 3 aromatic rings. The molecule has 3 rings (SSSR count). The van der Waals surface area contributed by atoms with Gasteiger partial charge in [-0.15, -0.1) is 10.2 Å². The first-order valence-corrected chi connectivity index (χ1v) is 9.79. The van der Waals surface area contributed by atoms with Crippen LogP contribution in [0.3, 0.4) is 0 Å². The van der Waals surface area contributed by atoms with E-state index in [0.29, 0.717) is 39.6 Å². The van der Waals surface area contributed by atoms with Crippen molar-refractivity contribution in [3.63, 3.8) is 0 Å². The fourth-order valence-corrected chi connectivity index (χ4v) is 3.91. The lowest BCUT2D eigenvalue weighted by molar-refractivity contribution is 0.288. The van der Waals surface area contributed by atoms with E-state index in [0.717, 1.165) is 0 Å². The van der Waals surface area contributed by atoms with Gasteiger partial charge >= 0.3 is 0 Å². The number of hydrogen-bond acceptors (Lipinski definition) is 4. The molecular formula is C18H15Cl2F2N3OS. The summed E-state index contributed by atoms with van der Waals surface area (Å²) in [6.45, 7) is 2.70. The summed E-state index contributed by atoms with van der Waals surface area (Å²) in [6.07, 6.45) is 0. The molecule has 0 N–H and O–H groups in total. The van der Waals surface area contributed by atoms with Gasteiger partial charge in [-0.05, 0) is 31.2 Å². The number of benzene rings is 2. The van der Waals surface area contributed by atoms with Gasteiger partial charge in [0.1, 0.15) is 24.0 Å². The van der Waals surface area contributed by atoms with Crippen LogP contribution in [0.1, 0.15) is 18.3 Å². The summed E-state index contributed by atoms with van der Waals surface area (Å²) in [7, 11) is 0. The molecule has 0 bridgehead atoms. The van der Waals surface area contributed by atoms with E-state index in [2.05, 4.69) is 10.2 Å². The summed E-state index contributed by atoms with van der Waals surface area (Å²) in [6, 6.07) is 8.72. The molecule has 0 aliphatic heterocycles. The first kappa shape index (κ1) is 19.9. The minimum absolute atomic E-state index is 0.0116. The quantitative estimate of drug-likeness (QED) is 0.448. The Kier molecular flexibility index (Phi) is 6.57. The molecule has 0 saturated heterocycles. The van der Waals surface area contributed by atoms with E-state index in [1.54, 1.807) is 12.1 Å². The van der Waals surface area contributed by atoms with Gasteiger partial charge in [0.05, 0.1) is 5.02 Å². The van der Waals surface area contributed by atoms with Gasteiger partial charge in [0.25, 0.3) is 0 Å². The zero-order valence-electron chi connectivity index (χ0n) is 14.3. The van der Waals surface area contributed by atoms with Crippen LogP contribution in [0.25, 0.3) is 0 Å². The lowest BCUT2D eigenvalue weighted by Crippen LogP contribution is -2.07. The predicted molar refractivity (Wildman–Crippen MR) is 102 cm³/mol. The van der Waals surface area contributed by atoms with Gasteiger partial charge in [-0.2, -0.15) is 0 Å². The molecule has 4 nitrogen and oxygen atoms in total. The van der Waals surface area contributed by atoms with Crippen molar-refractivity contribution in [1.82, 2.24) is 14.8 Å². The first-order valence-electron chi connectivity index (χ1n) is 8.05. The molecular weight excluding hydrogens is 415 g/mol. The topological polar surface area (TPSA) is 39.9 Å². The molecule has 1 heterocycles. The summed E-state index contributed by atoms with van der Waals surface area (Å²) in [4.78, 5) is 0. The lowest BCUT2D eigenvalue weighted by atomic mass is 10.2. The minimum atomic E-state index is -0.508. The molecule has 142 valence electrons. The molecule has 2 aromatic carbocycles. The van der Waals surface area contributed by atoms with Crippen molar-refractivity contribution in [1.29, 1.82) is 0 Å². The van der Waals surface area contributed by atoms with Crippen molar-refractivity contribution in [2.24, 2.45) is 0 Å². The van der Waals surface area contributed by atoms with Crippen molar-refractivity contribution in [3.05, 3.63) is 69.5 Å². The fourth-order valence-electron chi connectivity index (χ4n) is 2.37. The molecule has 0 radical (unpaired) electrons. The number of thioether (sulfide) groups is 1. The molecule has 0 atom stereocenters. The number of nitrogens with zero attached hydrogens (tertiary/aromatic N) is 3. The largest absolute Gasteiger partial charge is 0.486 e. The third-order valence-electron chi connectivity index (χ3n) is 3.78. The van der Waals surface area contributed by atoms with Gasteiger partial charge in [0.15, 0.2) is 11.0 Å². The van der Waals surface area contributed by atoms with Crippen LogP contribution >= 0.6 is 35.0 Å². The van der Waals surface area contributed by atoms with E-state index in [-0.39, 0.29) is 17.4 Å². The Bertz CT molecular complexity index is 932. The molecule has 1 aromatic heterocycles. The van der Waals surface area contributed by atoms with Crippen LogP contribution in [0.4, 0.5) is 8.78 Å². The average Bonchev–Trinajstić information content (AvgIpc) is 3.04. The van der Waals surface area contributed by atoms with Crippen LogP contribution in [-0.4, -0.2) is 14.8 Å². The van der Waals surface area contributed by atoms with Crippen LogP contribution in [0, 0.1) is 11.6 Å². The maximum Gasteiger partial charge on any atom is 0.191 e. The first-order chi connectivity index (χ1) is 13.0. The second-order valence-electron chi connectivity index (χ2n) is 5.50. The van der Waals surface area contributed by atoms with Crippen molar-refractivity contribution in [2.45, 2.75) is 31.0 Å². The monoisotopic (exact) mass is 429 g/mol. The summed E-state index contributed by atoms with van der Waals surface area (Å²) < 4.78 is 34.6. The maximum absolute atomic E-state index is 13.9. The molecule has 9 heteroatoms. The molecule has 0 aliphatic rings. The van der Waals surface area contributed by atoms with Crippen molar-refractivity contribution in [3.8, 4) is 5.75 Å². The minimum Gasteiger partial charge on any atom is -0.486 e. The molecule has 0 amide bonds. The van der Waals surface area contributed by atoms with Gasteiger partial charge in [-0.1, -0.05) is 41.0 Å². The SMILES string of the molecule is CCn1c(COc2ccc(F)c(Cl)c2)nnc1SCc1c(F)cccc1Cl. The number of rotatable bonds is 7. The van der Waals surface area contributed by atoms with E-state index < -0.39 is 5.82 Å². The molecule has 0 fully saturated rings. The zero-order chi connectivity index (χ0) is 19.4. The summed E-state index contributed by atoms with van der Waals surface area (Å²) in [5.74, 6) is 0.498. The number of ether oxygens (including phenoxy) is 1. The Balaban J connectivity index is 1.70. The second kappa shape index (κ2) is 8.91. The standard InChI is InChI=1S/C18H15Cl2F2N3OS/c1-2-25-17(9-26-11-6-7-16(22)14(20)8-11)23-24-18(25)27-10-12-13(19)4-3-5-15(12)21/h3-8H,2,9-10H2,1H3. The maximum atomic E-state index is 13.9. The lowest BCUT2D eigenvalue weighted by Gasteiger charge is -2.10. The summed E-state index contributed by atoms with van der Waals surface area (Å²) in [5, 5.41) is 9.28. The predicted octanol–water partition coefficient (Wildman–Crippen LogP) is 5.75. The Hall–Kier alpha value is -1.83. The highest BCUT2D eigenvalue weighted by Gasteiger charge is 2.15. The Morgan fingerprint density at radius 1 is 1.07 bits per heavy atom. The zero-order valence-corrected chi connectivity index (χ0v) is 16.6. The highest BCUT2D eigenvalue weighted by molar-refractivity contribution is 7.98. The smallest absolute Gasteiger partial charge is 0.191 e. The van der Waals surface area contributed by atoms with Crippen LogP contribution in [0.5, 0.6) is 5.75 Å². The van der Waals surface area contributed by atoms with E-state index in [1.165, 1.54) is 36.0 Å². The number of aromatic nitrogens is 3. The molecule has 27 heavy (non-hydrogen) atoms. The van der Waals surface area contributed by atoms with E-state index in [1.807, 2.05) is 11.5 Å². The molecule has 0 unspecified atom stereocenters. The van der Waals surface area contributed by atoms with Gasteiger partial charge in [0, 0.05) is 29.0 Å². The second-order valence-corrected chi connectivity index (χ2v) is 7.25. The number of hydrogen-bond donors (Lipinski definition) is 0. The summed E-state index contributed by atoms with van der Waals surface area (Å²) in [5.41, 5.74) is 0.425. The van der Waals surface area contributed by atoms with Crippen LogP contribution in [0.2, 0.25) is 10.0 Å². The van der Waals surface area contributed by atoms with Gasteiger partial charge in [-0.3, -0.25) is 0 Å². The molecule has 0 spiro atoms. The van der Waals surface area contributed by atoms with Crippen LogP contribution < -0.4 is 4.74 Å². The van der Waals surface area contributed by atoms with E-state index >= 15 is 0 Å². The van der Waals surface area contributed by atoms with E-state index in [4.69, 9.17) is 27.9 Å². The Morgan fingerprint density at radius 2 is 1.89 bits per heavy atom. The van der Waals surface area contributed by atoms with Crippen molar-refractivity contribution >= 4 is 35.0 Å². The van der Waals surface area contributed by atoms with Gasteiger partial charge in [-0.25, -0.2) is 8.78 Å². The Labute approximate surface area is 169 Å². The van der Waals surface area contributed by atoms with Crippen molar-refractivity contribution in [2.75, 3.05) is 0 Å². The molecule has 0 aliphatic carbocycles. The molecule has 0 saturated carbocycles. The average molecular weight is 430 g/mol. The van der Waals surface area contributed by atoms with Gasteiger partial charge < -0.3 is 9.30 Å². The van der Waals surface area contributed by atoms with Crippen LogP contribution in [0.15, 0.2) is 41.6 Å². The Morgan fingerprint density at radius 3 is 2.59 bits per heavy atom. The van der Waals surface area contributed by atoms with Crippen molar-refractivity contribution < 1.29 is 13.5 Å². The van der Waals surface area contributed by atoms with E-state index in [9.17, 15) is 8.78 Å². The summed E-state index contributed by atoms with van der Waals surface area (Å²) >= 11 is 13.2. The number of halogens is 4. The fraction of sp³-hybridized carbons (Fsp3) is 0.222. The highest BCUT2D eigenvalue weighted by Crippen LogP contribution is 2.28.